The molecule has 1 aromatic rings. The summed E-state index contributed by atoms with van der Waals surface area (Å²) in [6.45, 7) is 1.44. The Kier molecular flexibility index (Phi) is 4.50. The fourth-order valence-electron chi connectivity index (χ4n) is 1.09. The molecule has 0 radical (unpaired) electrons. The molecule has 0 saturated carbocycles. The third-order valence-electron chi connectivity index (χ3n) is 1.93. The van der Waals surface area contributed by atoms with E-state index in [2.05, 4.69) is 0 Å². The SMILES string of the molecule is Cc1cc(OCCSC(F)(F)F)c(F)cc1N. The quantitative estimate of drug-likeness (QED) is 0.517. The van der Waals surface area contributed by atoms with E-state index in [-0.39, 0.29) is 35.6 Å². The zero-order chi connectivity index (χ0) is 13.1. The number of halogens is 4. The average molecular weight is 269 g/mol. The highest BCUT2D eigenvalue weighted by Gasteiger charge is 2.27. The van der Waals surface area contributed by atoms with Crippen molar-refractivity contribution in [1.82, 2.24) is 0 Å². The Morgan fingerprint density at radius 1 is 1.35 bits per heavy atom. The number of aryl methyl sites for hydroxylation is 1. The van der Waals surface area contributed by atoms with Gasteiger partial charge in [-0.3, -0.25) is 0 Å². The van der Waals surface area contributed by atoms with Crippen LogP contribution >= 0.6 is 11.8 Å². The van der Waals surface area contributed by atoms with Gasteiger partial charge in [-0.05, 0) is 30.3 Å². The molecule has 0 heterocycles. The zero-order valence-electron chi connectivity index (χ0n) is 8.97. The topological polar surface area (TPSA) is 35.2 Å². The molecule has 0 bridgehead atoms. The van der Waals surface area contributed by atoms with E-state index in [0.717, 1.165) is 6.07 Å². The van der Waals surface area contributed by atoms with Gasteiger partial charge in [-0.15, -0.1) is 0 Å². The fourth-order valence-corrected chi connectivity index (χ4v) is 1.49. The van der Waals surface area contributed by atoms with Crippen LogP contribution in [-0.2, 0) is 0 Å². The Hall–Kier alpha value is -1.11. The second kappa shape index (κ2) is 5.48. The molecule has 0 unspecified atom stereocenters. The highest BCUT2D eigenvalue weighted by Crippen LogP contribution is 2.30. The summed E-state index contributed by atoms with van der Waals surface area (Å²) in [6.07, 6.45) is 0. The summed E-state index contributed by atoms with van der Waals surface area (Å²) < 4.78 is 53.6. The first kappa shape index (κ1) is 14.0. The summed E-state index contributed by atoms with van der Waals surface area (Å²) in [5.74, 6) is -1.04. The molecule has 2 N–H and O–H groups in total. The van der Waals surface area contributed by atoms with Crippen LogP contribution in [0.3, 0.4) is 0 Å². The number of hydrogen-bond donors (Lipinski definition) is 1. The van der Waals surface area contributed by atoms with Gasteiger partial charge in [-0.2, -0.15) is 13.2 Å². The normalized spacial score (nSPS) is 11.6. The number of rotatable bonds is 4. The van der Waals surface area contributed by atoms with Gasteiger partial charge < -0.3 is 10.5 Å². The Balaban J connectivity index is 2.50. The van der Waals surface area contributed by atoms with Gasteiger partial charge in [0.05, 0.1) is 6.61 Å². The number of alkyl halides is 3. The van der Waals surface area contributed by atoms with Crippen LogP contribution in [0.15, 0.2) is 12.1 Å². The molecular weight excluding hydrogens is 258 g/mol. The first-order chi connectivity index (χ1) is 7.79. The molecule has 0 aliphatic rings. The molecule has 17 heavy (non-hydrogen) atoms. The van der Waals surface area contributed by atoms with Crippen LogP contribution in [0.25, 0.3) is 0 Å². The van der Waals surface area contributed by atoms with Gasteiger partial charge in [0.25, 0.3) is 0 Å². The maximum absolute atomic E-state index is 13.3. The maximum atomic E-state index is 13.3. The fraction of sp³-hybridized carbons (Fsp3) is 0.400. The van der Waals surface area contributed by atoms with Crippen LogP contribution in [0.1, 0.15) is 5.56 Å². The van der Waals surface area contributed by atoms with Crippen molar-refractivity contribution in [3.63, 3.8) is 0 Å². The van der Waals surface area contributed by atoms with Crippen LogP contribution in [-0.4, -0.2) is 17.9 Å². The lowest BCUT2D eigenvalue weighted by Gasteiger charge is -2.10. The summed E-state index contributed by atoms with van der Waals surface area (Å²) in [7, 11) is 0. The minimum atomic E-state index is -4.29. The van der Waals surface area contributed by atoms with Crippen LogP contribution < -0.4 is 10.5 Å². The Bertz CT molecular complexity index is 395. The largest absolute Gasteiger partial charge is 0.490 e. The van der Waals surface area contributed by atoms with Gasteiger partial charge in [-0.1, -0.05) is 0 Å². The third-order valence-corrected chi connectivity index (χ3v) is 2.63. The highest BCUT2D eigenvalue weighted by molar-refractivity contribution is 8.00. The Morgan fingerprint density at radius 2 is 2.00 bits per heavy atom. The van der Waals surface area contributed by atoms with Crippen molar-refractivity contribution >= 4 is 17.4 Å². The molecule has 96 valence electrons. The van der Waals surface area contributed by atoms with Crippen molar-refractivity contribution in [2.24, 2.45) is 0 Å². The summed E-state index contributed by atoms with van der Waals surface area (Å²) in [4.78, 5) is 0. The number of benzene rings is 1. The minimum absolute atomic E-state index is 0.0838. The number of thioether (sulfide) groups is 1. The van der Waals surface area contributed by atoms with Gasteiger partial charge >= 0.3 is 5.51 Å². The van der Waals surface area contributed by atoms with Crippen LogP contribution in [0.5, 0.6) is 5.75 Å². The molecule has 0 saturated heterocycles. The van der Waals surface area contributed by atoms with Crippen LogP contribution in [0, 0.1) is 12.7 Å². The lowest BCUT2D eigenvalue weighted by atomic mass is 10.2. The van der Waals surface area contributed by atoms with Gasteiger partial charge in [0.2, 0.25) is 0 Å². The van der Waals surface area contributed by atoms with Crippen molar-refractivity contribution in [2.75, 3.05) is 18.1 Å². The summed E-state index contributed by atoms with van der Waals surface area (Å²) >= 11 is -0.206. The Labute approximate surface area is 100 Å². The molecule has 7 heteroatoms. The van der Waals surface area contributed by atoms with Crippen LogP contribution in [0.4, 0.5) is 23.2 Å². The number of nitrogen functional groups attached to an aromatic ring is 1. The molecule has 0 spiro atoms. The third kappa shape index (κ3) is 4.72. The molecular formula is C10H11F4NOS. The number of anilines is 1. The summed E-state index contributed by atoms with van der Waals surface area (Å²) in [6, 6.07) is 2.45. The van der Waals surface area contributed by atoms with Crippen molar-refractivity contribution in [1.29, 1.82) is 0 Å². The first-order valence-electron chi connectivity index (χ1n) is 4.68. The van der Waals surface area contributed by atoms with Gasteiger partial charge in [0.15, 0.2) is 11.6 Å². The second-order valence-electron chi connectivity index (χ2n) is 3.28. The highest BCUT2D eigenvalue weighted by atomic mass is 32.2. The predicted molar refractivity (Wildman–Crippen MR) is 59.6 cm³/mol. The van der Waals surface area contributed by atoms with E-state index in [4.69, 9.17) is 10.5 Å². The second-order valence-corrected chi connectivity index (χ2v) is 4.44. The summed E-state index contributed by atoms with van der Waals surface area (Å²) in [5.41, 5.74) is 2.05. The number of ether oxygens (including phenoxy) is 1. The molecule has 0 aliphatic heterocycles. The molecule has 0 aromatic heterocycles. The van der Waals surface area contributed by atoms with E-state index in [1.165, 1.54) is 6.07 Å². The standard InChI is InChI=1S/C10H11F4NOS/c1-6-4-9(7(11)5-8(6)15)16-2-3-17-10(12,13)14/h4-5H,2-3,15H2,1H3. The van der Waals surface area contributed by atoms with E-state index in [0.29, 0.717) is 5.56 Å². The molecule has 0 amide bonds. The van der Waals surface area contributed by atoms with Crippen molar-refractivity contribution in [3.8, 4) is 5.75 Å². The number of nitrogens with two attached hydrogens (primary N) is 1. The van der Waals surface area contributed by atoms with E-state index < -0.39 is 11.3 Å². The predicted octanol–water partition coefficient (Wildman–Crippen LogP) is 3.35. The van der Waals surface area contributed by atoms with Gasteiger partial charge in [-0.25, -0.2) is 4.39 Å². The van der Waals surface area contributed by atoms with E-state index in [9.17, 15) is 17.6 Å². The van der Waals surface area contributed by atoms with E-state index in [1.54, 1.807) is 6.92 Å². The minimum Gasteiger partial charge on any atom is -0.490 e. The average Bonchev–Trinajstić information content (AvgIpc) is 2.18. The van der Waals surface area contributed by atoms with Crippen LogP contribution in [0.2, 0.25) is 0 Å². The van der Waals surface area contributed by atoms with E-state index >= 15 is 0 Å². The van der Waals surface area contributed by atoms with Crippen molar-refractivity contribution < 1.29 is 22.3 Å². The molecule has 0 fully saturated rings. The van der Waals surface area contributed by atoms with Gasteiger partial charge in [0, 0.05) is 17.5 Å². The lowest BCUT2D eigenvalue weighted by Crippen LogP contribution is -2.08. The lowest BCUT2D eigenvalue weighted by molar-refractivity contribution is -0.0329. The van der Waals surface area contributed by atoms with E-state index in [1.807, 2.05) is 0 Å². The Morgan fingerprint density at radius 3 is 2.59 bits per heavy atom. The van der Waals surface area contributed by atoms with Gasteiger partial charge in [0.1, 0.15) is 0 Å². The molecule has 2 nitrogen and oxygen atoms in total. The molecule has 0 aliphatic carbocycles. The first-order valence-corrected chi connectivity index (χ1v) is 5.67. The number of hydrogen-bond acceptors (Lipinski definition) is 3. The monoisotopic (exact) mass is 269 g/mol. The zero-order valence-corrected chi connectivity index (χ0v) is 9.79. The van der Waals surface area contributed by atoms with Crippen molar-refractivity contribution in [3.05, 3.63) is 23.5 Å². The molecule has 0 atom stereocenters. The summed E-state index contributed by atoms with van der Waals surface area (Å²) in [5, 5.41) is 0. The maximum Gasteiger partial charge on any atom is 0.441 e. The van der Waals surface area contributed by atoms with Crippen molar-refractivity contribution in [2.45, 2.75) is 12.4 Å². The smallest absolute Gasteiger partial charge is 0.441 e. The molecule has 1 aromatic carbocycles. The molecule has 1 rings (SSSR count).